The van der Waals surface area contributed by atoms with Crippen molar-refractivity contribution >= 4 is 27.5 Å². The van der Waals surface area contributed by atoms with Crippen molar-refractivity contribution in [1.82, 2.24) is 35.2 Å². The summed E-state index contributed by atoms with van der Waals surface area (Å²) in [5.74, 6) is 1.55. The number of tetrazole rings is 1. The summed E-state index contributed by atoms with van der Waals surface area (Å²) in [7, 11) is 0. The van der Waals surface area contributed by atoms with Gasteiger partial charge in [0.15, 0.2) is 11.6 Å². The van der Waals surface area contributed by atoms with Gasteiger partial charge < -0.3 is 4.90 Å². The monoisotopic (exact) mass is 684 g/mol. The molecule has 0 N–H and O–H groups in total. The maximum Gasteiger partial charge on any atom is 0.184 e. The van der Waals surface area contributed by atoms with Gasteiger partial charge in [-0.05, 0) is 57.2 Å². The molecule has 3 heterocycles. The topological polar surface area (TPSA) is 85.5 Å². The summed E-state index contributed by atoms with van der Waals surface area (Å²) in [6.45, 7) is 5.78. The largest absolute Gasteiger partial charge is 0.350 e. The first-order chi connectivity index (χ1) is 25.2. The van der Waals surface area contributed by atoms with Crippen molar-refractivity contribution in [2.24, 2.45) is 0 Å². The molecule has 8 rings (SSSR count). The van der Waals surface area contributed by atoms with Gasteiger partial charge in [-0.15, -0.1) is 5.10 Å². The molecule has 0 atom stereocenters. The number of anilines is 1. The van der Waals surface area contributed by atoms with E-state index < -0.39 is 5.54 Å². The zero-order chi connectivity index (χ0) is 34.6. The number of hydrogen-bond acceptors (Lipinski definition) is 8. The van der Waals surface area contributed by atoms with Gasteiger partial charge >= 0.3 is 0 Å². The molecule has 9 heteroatoms. The standard InChI is InChI=1S/C42H36N8S/c1-3-27-49(40-38-41(44-29-43-40)51-30(2)45-38)28-31-23-25-32(26-24-31)36-21-13-14-22-37(36)39-46-47-48-50(39)42(33-15-7-4-8-16-33,34-17-9-5-10-18-34)35-19-11-6-12-20-35/h4-26,29H,3,27-28H2,1-2H3. The highest BCUT2D eigenvalue weighted by Gasteiger charge is 2.42. The summed E-state index contributed by atoms with van der Waals surface area (Å²) in [6.07, 6.45) is 2.64. The summed E-state index contributed by atoms with van der Waals surface area (Å²) < 4.78 is 1.99. The third-order valence-electron chi connectivity index (χ3n) is 9.24. The van der Waals surface area contributed by atoms with Crippen LogP contribution in [-0.2, 0) is 12.1 Å². The Hall–Kier alpha value is -6.06. The highest BCUT2D eigenvalue weighted by molar-refractivity contribution is 7.18. The molecule has 0 amide bonds. The Morgan fingerprint density at radius 2 is 1.27 bits per heavy atom. The van der Waals surface area contributed by atoms with Crippen LogP contribution >= 0.6 is 11.3 Å². The molecule has 5 aromatic carbocycles. The van der Waals surface area contributed by atoms with Crippen molar-refractivity contribution < 1.29 is 0 Å². The molecule has 51 heavy (non-hydrogen) atoms. The quantitative estimate of drug-likeness (QED) is 0.126. The van der Waals surface area contributed by atoms with Gasteiger partial charge in [-0.2, -0.15) is 0 Å². The molecule has 0 aliphatic carbocycles. The summed E-state index contributed by atoms with van der Waals surface area (Å²) in [6, 6.07) is 48.6. The lowest BCUT2D eigenvalue weighted by Crippen LogP contribution is -2.39. The van der Waals surface area contributed by atoms with E-state index >= 15 is 0 Å². The van der Waals surface area contributed by atoms with E-state index in [1.807, 2.05) is 35.9 Å². The number of fused-ring (bicyclic) bond motifs is 1. The van der Waals surface area contributed by atoms with Crippen molar-refractivity contribution in [2.45, 2.75) is 32.4 Å². The van der Waals surface area contributed by atoms with Crippen LogP contribution in [0.2, 0.25) is 0 Å². The molecule has 0 radical (unpaired) electrons. The fraction of sp³-hybridized carbons (Fsp3) is 0.143. The number of hydrogen-bond donors (Lipinski definition) is 0. The Kier molecular flexibility index (Phi) is 8.86. The molecule has 0 saturated carbocycles. The Balaban J connectivity index is 1.21. The summed E-state index contributed by atoms with van der Waals surface area (Å²) in [5, 5.41) is 14.8. The number of aromatic nitrogens is 7. The smallest absolute Gasteiger partial charge is 0.184 e. The predicted octanol–water partition coefficient (Wildman–Crippen LogP) is 8.97. The molecule has 0 fully saturated rings. The number of nitrogens with zero attached hydrogens (tertiary/aromatic N) is 8. The van der Waals surface area contributed by atoms with Crippen LogP contribution in [0.15, 0.2) is 146 Å². The molecule has 8 nitrogen and oxygen atoms in total. The second-order valence-electron chi connectivity index (χ2n) is 12.5. The maximum atomic E-state index is 4.78. The van der Waals surface area contributed by atoms with Gasteiger partial charge in [-0.1, -0.05) is 158 Å². The summed E-state index contributed by atoms with van der Waals surface area (Å²) in [5.41, 5.74) is 7.45. The SMILES string of the molecule is CCCN(Cc1ccc(-c2ccccc2-c2nnnn2C(c2ccccc2)(c2ccccc2)c2ccccc2)cc1)c1ncnc2sc(C)nc12. The second kappa shape index (κ2) is 14.0. The highest BCUT2D eigenvalue weighted by Crippen LogP contribution is 2.43. The number of benzene rings is 5. The third-order valence-corrected chi connectivity index (χ3v) is 10.1. The lowest BCUT2D eigenvalue weighted by molar-refractivity contribution is 0.451. The minimum Gasteiger partial charge on any atom is -0.350 e. The molecular formula is C42H36N8S. The molecule has 0 spiro atoms. The third kappa shape index (κ3) is 5.95. The Labute approximate surface area is 301 Å². The highest BCUT2D eigenvalue weighted by atomic mass is 32.1. The van der Waals surface area contributed by atoms with E-state index in [1.165, 1.54) is 5.56 Å². The van der Waals surface area contributed by atoms with Crippen LogP contribution in [0.5, 0.6) is 0 Å². The average molecular weight is 685 g/mol. The molecule has 0 aliphatic rings. The molecular weight excluding hydrogens is 649 g/mol. The first kappa shape index (κ1) is 32.2. The molecule has 250 valence electrons. The van der Waals surface area contributed by atoms with Gasteiger partial charge in [0, 0.05) is 18.7 Å². The van der Waals surface area contributed by atoms with Gasteiger partial charge in [0.2, 0.25) is 0 Å². The van der Waals surface area contributed by atoms with E-state index in [1.54, 1.807) is 17.7 Å². The van der Waals surface area contributed by atoms with Crippen molar-refractivity contribution in [3.05, 3.63) is 173 Å². The Morgan fingerprint density at radius 3 is 1.88 bits per heavy atom. The predicted molar refractivity (Wildman–Crippen MR) is 205 cm³/mol. The van der Waals surface area contributed by atoms with Crippen LogP contribution in [0.4, 0.5) is 5.82 Å². The van der Waals surface area contributed by atoms with E-state index in [4.69, 9.17) is 15.3 Å². The number of rotatable bonds is 11. The van der Waals surface area contributed by atoms with Crippen LogP contribution in [0.1, 0.15) is 40.6 Å². The van der Waals surface area contributed by atoms with Crippen LogP contribution in [0.25, 0.3) is 32.9 Å². The normalized spacial score (nSPS) is 11.6. The average Bonchev–Trinajstić information content (AvgIpc) is 3.83. The molecule has 8 aromatic rings. The van der Waals surface area contributed by atoms with E-state index in [0.717, 1.165) is 67.5 Å². The maximum absolute atomic E-state index is 4.78. The molecule has 3 aromatic heterocycles. The van der Waals surface area contributed by atoms with Crippen molar-refractivity contribution in [1.29, 1.82) is 0 Å². The fourth-order valence-corrected chi connectivity index (χ4v) is 7.78. The van der Waals surface area contributed by atoms with Crippen LogP contribution < -0.4 is 4.90 Å². The second-order valence-corrected chi connectivity index (χ2v) is 13.7. The van der Waals surface area contributed by atoms with Gasteiger partial charge in [0.25, 0.3) is 0 Å². The van der Waals surface area contributed by atoms with Crippen molar-refractivity contribution in [3.63, 3.8) is 0 Å². The Bertz CT molecular complexity index is 2280. The minimum absolute atomic E-state index is 0.673. The Morgan fingerprint density at radius 1 is 0.686 bits per heavy atom. The number of aryl methyl sites for hydroxylation is 1. The van der Waals surface area contributed by atoms with Gasteiger partial charge in [-0.3, -0.25) is 0 Å². The van der Waals surface area contributed by atoms with Gasteiger partial charge in [0.05, 0.1) is 5.01 Å². The van der Waals surface area contributed by atoms with Crippen LogP contribution in [-0.4, -0.2) is 41.7 Å². The minimum atomic E-state index is -0.843. The lowest BCUT2D eigenvalue weighted by atomic mass is 9.77. The molecule has 0 saturated heterocycles. The van der Waals surface area contributed by atoms with Crippen LogP contribution in [0.3, 0.4) is 0 Å². The summed E-state index contributed by atoms with van der Waals surface area (Å²) >= 11 is 1.60. The van der Waals surface area contributed by atoms with Gasteiger partial charge in [-0.25, -0.2) is 19.6 Å². The van der Waals surface area contributed by atoms with Crippen molar-refractivity contribution in [3.8, 4) is 22.5 Å². The van der Waals surface area contributed by atoms with Crippen LogP contribution in [0, 0.1) is 6.92 Å². The first-order valence-corrected chi connectivity index (χ1v) is 18.0. The van der Waals surface area contributed by atoms with Crippen molar-refractivity contribution in [2.75, 3.05) is 11.4 Å². The van der Waals surface area contributed by atoms with E-state index in [9.17, 15) is 0 Å². The zero-order valence-electron chi connectivity index (χ0n) is 28.5. The fourth-order valence-electron chi connectivity index (χ4n) is 7.03. The summed E-state index contributed by atoms with van der Waals surface area (Å²) in [4.78, 5) is 17.1. The van der Waals surface area contributed by atoms with Gasteiger partial charge in [0.1, 0.15) is 22.2 Å². The van der Waals surface area contributed by atoms with E-state index in [2.05, 4.69) is 142 Å². The number of thiazole rings is 1. The molecule has 0 unspecified atom stereocenters. The van der Waals surface area contributed by atoms with E-state index in [0.29, 0.717) is 12.4 Å². The zero-order valence-corrected chi connectivity index (χ0v) is 29.3. The van der Waals surface area contributed by atoms with E-state index in [-0.39, 0.29) is 0 Å². The molecule has 0 bridgehead atoms. The lowest BCUT2D eigenvalue weighted by Gasteiger charge is -2.36. The molecule has 0 aliphatic heterocycles. The first-order valence-electron chi connectivity index (χ1n) is 17.1.